The van der Waals surface area contributed by atoms with Crippen LogP contribution in [-0.4, -0.2) is 79.4 Å². The Labute approximate surface area is 228 Å². The van der Waals surface area contributed by atoms with E-state index in [2.05, 4.69) is 25.3 Å². The minimum Gasteiger partial charge on any atom is -0.406 e. The molecule has 1 unspecified atom stereocenters. The lowest BCUT2D eigenvalue weighted by molar-refractivity contribution is -0.274. The summed E-state index contributed by atoms with van der Waals surface area (Å²) < 4.78 is 40.9. The first-order chi connectivity index (χ1) is 18.6. The Morgan fingerprint density at radius 3 is 2.28 bits per heavy atom. The van der Waals surface area contributed by atoms with Crippen LogP contribution in [0.2, 0.25) is 5.02 Å². The van der Waals surface area contributed by atoms with Gasteiger partial charge in [0.25, 0.3) is 5.91 Å². The van der Waals surface area contributed by atoms with E-state index in [1.807, 2.05) is 29.2 Å². The molecule has 5 rings (SSSR count). The van der Waals surface area contributed by atoms with Crippen molar-refractivity contribution >= 4 is 40.7 Å². The van der Waals surface area contributed by atoms with Gasteiger partial charge in [-0.25, -0.2) is 9.79 Å². The quantitative estimate of drug-likeness (QED) is 0.527. The van der Waals surface area contributed by atoms with Crippen molar-refractivity contribution in [2.45, 2.75) is 25.4 Å². The molecule has 2 aromatic rings. The van der Waals surface area contributed by atoms with Gasteiger partial charge in [-0.1, -0.05) is 11.6 Å². The van der Waals surface area contributed by atoms with Crippen molar-refractivity contribution in [1.29, 1.82) is 0 Å². The molecular formula is C26H28ClF3N6O3. The monoisotopic (exact) mass is 564 g/mol. The zero-order chi connectivity index (χ0) is 27.6. The van der Waals surface area contributed by atoms with Crippen LogP contribution >= 0.6 is 11.6 Å². The number of nitrogens with zero attached hydrogens (tertiary/aromatic N) is 4. The minimum absolute atomic E-state index is 0.156. The number of nitrogens with one attached hydrogen (secondary N) is 2. The van der Waals surface area contributed by atoms with Gasteiger partial charge >= 0.3 is 12.4 Å². The van der Waals surface area contributed by atoms with Crippen molar-refractivity contribution in [1.82, 2.24) is 15.1 Å². The van der Waals surface area contributed by atoms with E-state index in [1.54, 1.807) is 4.90 Å². The van der Waals surface area contributed by atoms with E-state index in [9.17, 15) is 22.8 Å². The maximum atomic E-state index is 13.5. The number of halogens is 4. The number of piperazine rings is 1. The third-order valence-corrected chi connectivity index (χ3v) is 6.99. The number of hydrogen-bond donors (Lipinski definition) is 2. The van der Waals surface area contributed by atoms with E-state index < -0.39 is 18.6 Å². The number of carbonyl (C=O) groups excluding carboxylic acids is 2. The van der Waals surface area contributed by atoms with Gasteiger partial charge < -0.3 is 30.1 Å². The maximum absolute atomic E-state index is 13.5. The molecule has 0 radical (unpaired) electrons. The highest BCUT2D eigenvalue weighted by Crippen LogP contribution is 2.31. The van der Waals surface area contributed by atoms with Crippen LogP contribution in [0.4, 0.5) is 29.3 Å². The molecule has 3 amide bonds. The molecule has 1 saturated carbocycles. The molecular weight excluding hydrogens is 537 g/mol. The smallest absolute Gasteiger partial charge is 0.406 e. The molecule has 1 atom stereocenters. The van der Waals surface area contributed by atoms with Gasteiger partial charge in [0.05, 0.1) is 6.54 Å². The molecule has 2 aromatic carbocycles. The maximum Gasteiger partial charge on any atom is 0.573 e. The summed E-state index contributed by atoms with van der Waals surface area (Å²) >= 11 is 5.99. The average Bonchev–Trinajstić information content (AvgIpc) is 3.63. The zero-order valence-electron chi connectivity index (χ0n) is 21.0. The van der Waals surface area contributed by atoms with Crippen LogP contribution in [0.25, 0.3) is 0 Å². The first-order valence-electron chi connectivity index (χ1n) is 12.7. The number of amides is 3. The average molecular weight is 565 g/mol. The van der Waals surface area contributed by atoms with Crippen LogP contribution in [0.5, 0.6) is 5.75 Å². The Hall–Kier alpha value is -3.67. The summed E-state index contributed by atoms with van der Waals surface area (Å²) in [5, 5.41) is 5.99. The fourth-order valence-electron chi connectivity index (χ4n) is 4.63. The van der Waals surface area contributed by atoms with Crippen LogP contribution in [0.1, 0.15) is 12.8 Å². The Kier molecular flexibility index (Phi) is 7.74. The highest BCUT2D eigenvalue weighted by molar-refractivity contribution is 6.38. The van der Waals surface area contributed by atoms with Crippen molar-refractivity contribution in [3.05, 3.63) is 53.6 Å². The lowest BCUT2D eigenvalue weighted by atomic mass is 10.2. The van der Waals surface area contributed by atoms with Gasteiger partial charge in [0.2, 0.25) is 0 Å². The number of rotatable bonds is 7. The Morgan fingerprint density at radius 2 is 1.67 bits per heavy atom. The van der Waals surface area contributed by atoms with Gasteiger partial charge in [0.1, 0.15) is 11.9 Å². The Morgan fingerprint density at radius 1 is 1.00 bits per heavy atom. The summed E-state index contributed by atoms with van der Waals surface area (Å²) in [7, 11) is 0. The third-order valence-electron chi connectivity index (χ3n) is 6.74. The molecule has 0 bridgehead atoms. The molecule has 13 heteroatoms. The molecule has 9 nitrogen and oxygen atoms in total. The van der Waals surface area contributed by atoms with Crippen molar-refractivity contribution < 1.29 is 27.5 Å². The van der Waals surface area contributed by atoms with E-state index in [4.69, 9.17) is 11.6 Å². The third kappa shape index (κ3) is 7.25. The van der Waals surface area contributed by atoms with Crippen molar-refractivity contribution in [2.75, 3.05) is 49.5 Å². The highest BCUT2D eigenvalue weighted by atomic mass is 35.5. The van der Waals surface area contributed by atoms with Crippen LogP contribution in [0, 0.1) is 5.92 Å². The van der Waals surface area contributed by atoms with Crippen LogP contribution in [0.15, 0.2) is 53.5 Å². The normalized spacial score (nSPS) is 19.5. The second-order valence-corrected chi connectivity index (χ2v) is 10.2. The van der Waals surface area contributed by atoms with E-state index in [0.717, 1.165) is 30.7 Å². The van der Waals surface area contributed by atoms with Gasteiger partial charge in [0, 0.05) is 49.1 Å². The second-order valence-electron chi connectivity index (χ2n) is 9.74. The lowest BCUT2D eigenvalue weighted by Gasteiger charge is -2.36. The molecule has 1 aliphatic carbocycles. The molecule has 2 fully saturated rings. The van der Waals surface area contributed by atoms with Gasteiger partial charge in [-0.3, -0.25) is 4.79 Å². The summed E-state index contributed by atoms with van der Waals surface area (Å²) in [4.78, 5) is 36.5. The van der Waals surface area contributed by atoms with E-state index in [1.165, 1.54) is 12.1 Å². The first kappa shape index (κ1) is 26.9. The van der Waals surface area contributed by atoms with Crippen molar-refractivity contribution in [3.8, 4) is 5.75 Å². The van der Waals surface area contributed by atoms with E-state index in [-0.39, 0.29) is 17.3 Å². The number of amidine groups is 1. The van der Waals surface area contributed by atoms with Gasteiger partial charge in [-0.15, -0.1) is 13.2 Å². The molecule has 0 aromatic heterocycles. The van der Waals surface area contributed by atoms with E-state index >= 15 is 0 Å². The fourth-order valence-corrected chi connectivity index (χ4v) is 4.75. The van der Waals surface area contributed by atoms with Gasteiger partial charge in [0.15, 0.2) is 5.84 Å². The topological polar surface area (TPSA) is 89.5 Å². The number of aliphatic imine (C=N–C) groups is 1. The van der Waals surface area contributed by atoms with Crippen LogP contribution in [-0.2, 0) is 4.79 Å². The van der Waals surface area contributed by atoms with Crippen molar-refractivity contribution in [2.24, 2.45) is 10.9 Å². The minimum atomic E-state index is -4.79. The largest absolute Gasteiger partial charge is 0.573 e. The number of anilines is 2. The molecule has 208 valence electrons. The van der Waals surface area contributed by atoms with Crippen LogP contribution < -0.4 is 20.3 Å². The Bertz CT molecular complexity index is 1210. The molecule has 2 aliphatic heterocycles. The predicted molar refractivity (Wildman–Crippen MR) is 141 cm³/mol. The number of hydrogen-bond acceptors (Lipinski definition) is 6. The predicted octanol–water partition coefficient (Wildman–Crippen LogP) is 4.16. The molecule has 0 spiro atoms. The first-order valence-corrected chi connectivity index (χ1v) is 13.1. The highest BCUT2D eigenvalue weighted by Gasteiger charge is 2.37. The number of benzene rings is 2. The summed E-state index contributed by atoms with van der Waals surface area (Å²) in [6, 6.07) is 11.9. The molecule has 39 heavy (non-hydrogen) atoms. The fraction of sp³-hybridized carbons (Fsp3) is 0.423. The zero-order valence-corrected chi connectivity index (χ0v) is 21.7. The number of urea groups is 1. The number of ether oxygens (including phenoxy) is 1. The molecule has 1 saturated heterocycles. The SMILES string of the molecule is O=C(Nc1ccc(OC(F)(F)F)cc1)NC1CN(CC2CC2)C(C(=O)N2CCN(c3ccc(Cl)cc3)CC2)=N1. The molecule has 2 N–H and O–H groups in total. The number of carbonyl (C=O) groups is 2. The number of alkyl halides is 3. The van der Waals surface area contributed by atoms with Gasteiger partial charge in [-0.05, 0) is 67.3 Å². The summed E-state index contributed by atoms with van der Waals surface area (Å²) in [6.07, 6.45) is -3.22. The lowest BCUT2D eigenvalue weighted by Crippen LogP contribution is -2.53. The molecule has 3 aliphatic rings. The summed E-state index contributed by atoms with van der Waals surface area (Å²) in [5.41, 5.74) is 1.34. The molecule has 2 heterocycles. The van der Waals surface area contributed by atoms with Crippen molar-refractivity contribution in [3.63, 3.8) is 0 Å². The standard InChI is InChI=1S/C26H28ClF3N6O3/c27-18-3-7-20(8-4-18)34-11-13-35(14-12-34)24(37)23-32-22(16-36(23)15-17-1-2-17)33-25(38)31-19-5-9-21(10-6-19)39-26(28,29)30/h3-10,17,22H,1-2,11-16H2,(H2,31,33,38). The Balaban J connectivity index is 1.18. The van der Waals surface area contributed by atoms with E-state index in [0.29, 0.717) is 56.0 Å². The second kappa shape index (κ2) is 11.2. The summed E-state index contributed by atoms with van der Waals surface area (Å²) in [6.45, 7) is 3.53. The van der Waals surface area contributed by atoms with Crippen LogP contribution in [0.3, 0.4) is 0 Å². The summed E-state index contributed by atoms with van der Waals surface area (Å²) in [5.74, 6) is 0.314. The van der Waals surface area contributed by atoms with Gasteiger partial charge in [-0.2, -0.15) is 0 Å².